The molecule has 1 fully saturated rings. The lowest BCUT2D eigenvalue weighted by Crippen LogP contribution is -2.42. The number of H-pyrrole nitrogens is 1. The largest absolute Gasteiger partial charge is 0.339 e. The minimum absolute atomic E-state index is 0. The zero-order chi connectivity index (χ0) is 17.4. The second-order valence-electron chi connectivity index (χ2n) is 6.24. The summed E-state index contributed by atoms with van der Waals surface area (Å²) in [7, 11) is 0. The molecule has 4 rings (SSSR count). The highest BCUT2D eigenvalue weighted by molar-refractivity contribution is 6.30. The molecule has 1 atom stereocenters. The average molecular weight is 396 g/mol. The standard InChI is InChI=1S/C17H18ClN5O2.ClH/c18-10-1-3-11(4-2-10)23-8-6-14(17(23)25)20-16(24)15-12-9-19-7-5-13(12)21-22-15;/h1-4,14,19H,5-9H2,(H,20,24)(H,21,22);1H. The first-order valence-corrected chi connectivity index (χ1v) is 8.66. The van der Waals surface area contributed by atoms with Crippen molar-refractivity contribution in [2.75, 3.05) is 18.0 Å². The van der Waals surface area contributed by atoms with Crippen molar-refractivity contribution in [2.24, 2.45) is 0 Å². The highest BCUT2D eigenvalue weighted by Crippen LogP contribution is 2.24. The van der Waals surface area contributed by atoms with Gasteiger partial charge >= 0.3 is 0 Å². The van der Waals surface area contributed by atoms with Gasteiger partial charge in [-0.2, -0.15) is 5.10 Å². The van der Waals surface area contributed by atoms with Crippen molar-refractivity contribution < 1.29 is 9.59 Å². The number of fused-ring (bicyclic) bond motifs is 1. The van der Waals surface area contributed by atoms with Gasteiger partial charge in [0.25, 0.3) is 5.91 Å². The molecule has 1 saturated heterocycles. The number of hydrogen-bond donors (Lipinski definition) is 3. The van der Waals surface area contributed by atoms with E-state index in [-0.39, 0.29) is 24.2 Å². The van der Waals surface area contributed by atoms with Crippen molar-refractivity contribution in [3.8, 4) is 0 Å². The maximum Gasteiger partial charge on any atom is 0.272 e. The molecule has 7 nitrogen and oxygen atoms in total. The Hall–Kier alpha value is -2.09. The molecule has 2 aliphatic rings. The highest BCUT2D eigenvalue weighted by Gasteiger charge is 2.34. The van der Waals surface area contributed by atoms with Crippen LogP contribution >= 0.6 is 24.0 Å². The monoisotopic (exact) mass is 395 g/mol. The Morgan fingerprint density at radius 2 is 2.08 bits per heavy atom. The molecule has 26 heavy (non-hydrogen) atoms. The van der Waals surface area contributed by atoms with Crippen LogP contribution in [-0.4, -0.2) is 41.1 Å². The van der Waals surface area contributed by atoms with Crippen LogP contribution < -0.4 is 15.5 Å². The molecule has 0 saturated carbocycles. The molecule has 138 valence electrons. The topological polar surface area (TPSA) is 90.1 Å². The summed E-state index contributed by atoms with van der Waals surface area (Å²) in [5.74, 6) is -0.421. The normalized spacial score (nSPS) is 19.0. The fraction of sp³-hybridized carbons (Fsp3) is 0.353. The van der Waals surface area contributed by atoms with Gasteiger partial charge in [0.15, 0.2) is 5.69 Å². The van der Waals surface area contributed by atoms with Crippen LogP contribution in [0.5, 0.6) is 0 Å². The lowest BCUT2D eigenvalue weighted by Gasteiger charge is -2.17. The van der Waals surface area contributed by atoms with Crippen LogP contribution in [0.25, 0.3) is 0 Å². The van der Waals surface area contributed by atoms with Gasteiger partial charge < -0.3 is 15.5 Å². The quantitative estimate of drug-likeness (QED) is 0.736. The minimum atomic E-state index is -0.535. The first-order valence-electron chi connectivity index (χ1n) is 8.28. The average Bonchev–Trinajstić information content (AvgIpc) is 3.20. The molecule has 1 unspecified atom stereocenters. The Balaban J connectivity index is 0.00000196. The van der Waals surface area contributed by atoms with E-state index in [9.17, 15) is 9.59 Å². The Labute approximate surface area is 161 Å². The van der Waals surface area contributed by atoms with Gasteiger partial charge in [0.2, 0.25) is 5.91 Å². The van der Waals surface area contributed by atoms with Crippen molar-refractivity contribution in [3.63, 3.8) is 0 Å². The van der Waals surface area contributed by atoms with Gasteiger partial charge in [-0.1, -0.05) is 11.6 Å². The lowest BCUT2D eigenvalue weighted by molar-refractivity contribution is -0.118. The van der Waals surface area contributed by atoms with Crippen LogP contribution in [0.2, 0.25) is 5.02 Å². The number of carbonyl (C=O) groups is 2. The SMILES string of the molecule is Cl.O=C(NC1CCN(c2ccc(Cl)cc2)C1=O)c1n[nH]c2c1CNCC2. The number of aromatic nitrogens is 2. The maximum atomic E-state index is 12.6. The van der Waals surface area contributed by atoms with Crippen molar-refractivity contribution in [2.45, 2.75) is 25.4 Å². The number of halogens is 2. The van der Waals surface area contributed by atoms with Crippen LogP contribution in [0.1, 0.15) is 28.2 Å². The van der Waals surface area contributed by atoms with E-state index in [1.54, 1.807) is 29.2 Å². The fourth-order valence-corrected chi connectivity index (χ4v) is 3.46. The van der Waals surface area contributed by atoms with Crippen molar-refractivity contribution >= 4 is 41.5 Å². The van der Waals surface area contributed by atoms with E-state index in [1.165, 1.54) is 0 Å². The molecule has 1 aromatic carbocycles. The molecule has 2 amide bonds. The summed E-state index contributed by atoms with van der Waals surface area (Å²) in [6.45, 7) is 2.04. The van der Waals surface area contributed by atoms with Gasteiger partial charge in [-0.3, -0.25) is 14.7 Å². The molecule has 9 heteroatoms. The summed E-state index contributed by atoms with van der Waals surface area (Å²) in [4.78, 5) is 26.8. The summed E-state index contributed by atoms with van der Waals surface area (Å²) in [6.07, 6.45) is 1.39. The molecule has 0 radical (unpaired) electrons. The van der Waals surface area contributed by atoms with Gasteiger partial charge in [-0.15, -0.1) is 12.4 Å². The van der Waals surface area contributed by atoms with E-state index in [0.717, 1.165) is 29.9 Å². The molecule has 1 aromatic heterocycles. The van der Waals surface area contributed by atoms with Crippen LogP contribution in [0.3, 0.4) is 0 Å². The van der Waals surface area contributed by atoms with E-state index in [1.807, 2.05) is 0 Å². The fourth-order valence-electron chi connectivity index (χ4n) is 3.33. The number of carbonyl (C=O) groups excluding carboxylic acids is 2. The number of anilines is 1. The number of benzene rings is 1. The maximum absolute atomic E-state index is 12.6. The second-order valence-corrected chi connectivity index (χ2v) is 6.67. The van der Waals surface area contributed by atoms with Gasteiger partial charge in [-0.25, -0.2) is 0 Å². The molecule has 3 N–H and O–H groups in total. The first-order chi connectivity index (χ1) is 12.1. The van der Waals surface area contributed by atoms with Gasteiger partial charge in [-0.05, 0) is 30.7 Å². The summed E-state index contributed by atoms with van der Waals surface area (Å²) < 4.78 is 0. The van der Waals surface area contributed by atoms with Crippen molar-refractivity contribution in [3.05, 3.63) is 46.2 Å². The van der Waals surface area contributed by atoms with E-state index < -0.39 is 6.04 Å². The zero-order valence-corrected chi connectivity index (χ0v) is 15.5. The molecule has 2 aromatic rings. The minimum Gasteiger partial charge on any atom is -0.339 e. The third kappa shape index (κ3) is 3.42. The van der Waals surface area contributed by atoms with E-state index in [4.69, 9.17) is 11.6 Å². The van der Waals surface area contributed by atoms with E-state index in [2.05, 4.69) is 20.8 Å². The molecule has 2 aliphatic heterocycles. The second kappa shape index (κ2) is 7.65. The van der Waals surface area contributed by atoms with Gasteiger partial charge in [0.05, 0.1) is 0 Å². The summed E-state index contributed by atoms with van der Waals surface area (Å²) >= 11 is 5.89. The Morgan fingerprint density at radius 3 is 2.85 bits per heavy atom. The van der Waals surface area contributed by atoms with E-state index >= 15 is 0 Å². The Kier molecular flexibility index (Phi) is 5.50. The van der Waals surface area contributed by atoms with Crippen LogP contribution in [-0.2, 0) is 17.8 Å². The third-order valence-electron chi connectivity index (χ3n) is 4.67. The number of nitrogens with zero attached hydrogens (tertiary/aromatic N) is 2. The predicted octanol–water partition coefficient (Wildman–Crippen LogP) is 1.67. The van der Waals surface area contributed by atoms with Crippen molar-refractivity contribution in [1.82, 2.24) is 20.8 Å². The molecular formula is C17H19Cl2N5O2. The van der Waals surface area contributed by atoms with Gasteiger partial charge in [0.1, 0.15) is 6.04 Å². The zero-order valence-electron chi connectivity index (χ0n) is 13.9. The molecule has 3 heterocycles. The van der Waals surface area contributed by atoms with Gasteiger partial charge in [0, 0.05) is 48.0 Å². The number of rotatable bonds is 3. The lowest BCUT2D eigenvalue weighted by atomic mass is 10.1. The number of hydrogen-bond acceptors (Lipinski definition) is 4. The van der Waals surface area contributed by atoms with E-state index in [0.29, 0.717) is 30.2 Å². The third-order valence-corrected chi connectivity index (χ3v) is 4.92. The van der Waals surface area contributed by atoms with Crippen LogP contribution in [0, 0.1) is 0 Å². The highest BCUT2D eigenvalue weighted by atomic mass is 35.5. The Morgan fingerprint density at radius 1 is 1.31 bits per heavy atom. The summed E-state index contributed by atoms with van der Waals surface area (Å²) in [5, 5.41) is 13.7. The number of aromatic amines is 1. The number of nitrogens with one attached hydrogen (secondary N) is 3. The van der Waals surface area contributed by atoms with Crippen LogP contribution in [0.15, 0.2) is 24.3 Å². The smallest absolute Gasteiger partial charge is 0.272 e. The molecule has 0 bridgehead atoms. The predicted molar refractivity (Wildman–Crippen MR) is 101 cm³/mol. The molecule has 0 aliphatic carbocycles. The van der Waals surface area contributed by atoms with Crippen LogP contribution in [0.4, 0.5) is 5.69 Å². The summed E-state index contributed by atoms with van der Waals surface area (Å²) in [5.41, 5.74) is 3.04. The Bertz CT molecular complexity index is 821. The number of amides is 2. The first kappa shape index (κ1) is 18.7. The molecule has 0 spiro atoms. The van der Waals surface area contributed by atoms with Crippen molar-refractivity contribution in [1.29, 1.82) is 0 Å². The molecular weight excluding hydrogens is 377 g/mol. The summed E-state index contributed by atoms with van der Waals surface area (Å²) in [6, 6.07) is 6.57.